The molecule has 1 aliphatic rings. The quantitative estimate of drug-likeness (QED) is 0.438. The first-order valence-corrected chi connectivity index (χ1v) is 11.6. The predicted octanol–water partition coefficient (Wildman–Crippen LogP) is 4.71. The Kier molecular flexibility index (Phi) is 5.55. The molecule has 1 fully saturated rings. The zero-order valence-electron chi connectivity index (χ0n) is 16.9. The van der Waals surface area contributed by atoms with E-state index in [4.69, 9.17) is 4.52 Å². The minimum Gasteiger partial charge on any atom is -0.361 e. The number of para-hydroxylation sites is 2. The van der Waals surface area contributed by atoms with Gasteiger partial charge in [-0.1, -0.05) is 23.4 Å². The fourth-order valence-electron chi connectivity index (χ4n) is 4.44. The Morgan fingerprint density at radius 2 is 2.00 bits per heavy atom. The zero-order valence-corrected chi connectivity index (χ0v) is 17.7. The number of aryl methyl sites for hydroxylation is 1. The molecule has 0 radical (unpaired) electrons. The molecular weight excluding hydrogens is 396 g/mol. The smallest absolute Gasteiger partial charge is 0.326 e. The highest BCUT2D eigenvalue weighted by Crippen LogP contribution is 2.26. The van der Waals surface area contributed by atoms with Crippen molar-refractivity contribution in [2.75, 3.05) is 19.6 Å². The van der Waals surface area contributed by atoms with Crippen molar-refractivity contribution in [1.29, 1.82) is 0 Å². The number of aromatic nitrogens is 3. The largest absolute Gasteiger partial charge is 0.361 e. The van der Waals surface area contributed by atoms with Crippen molar-refractivity contribution in [3.63, 3.8) is 0 Å². The van der Waals surface area contributed by atoms with E-state index in [1.54, 1.807) is 11.3 Å². The lowest BCUT2D eigenvalue weighted by atomic mass is 10.0. The third-order valence-electron chi connectivity index (χ3n) is 6.03. The lowest BCUT2D eigenvalue weighted by Gasteiger charge is -2.32. The summed E-state index contributed by atoms with van der Waals surface area (Å²) >= 11 is 1.68. The molecule has 0 bridgehead atoms. The summed E-state index contributed by atoms with van der Waals surface area (Å²) in [6, 6.07) is 14.4. The van der Waals surface area contributed by atoms with Gasteiger partial charge in [0.1, 0.15) is 11.5 Å². The summed E-state index contributed by atoms with van der Waals surface area (Å²) in [5.41, 5.74) is 2.91. The van der Waals surface area contributed by atoms with E-state index in [1.807, 2.05) is 34.9 Å². The van der Waals surface area contributed by atoms with Crippen LogP contribution in [0.25, 0.3) is 21.6 Å². The number of unbranched alkanes of at least 4 members (excludes halogenated alkanes) is 1. The van der Waals surface area contributed by atoms with Crippen LogP contribution in [0.4, 0.5) is 0 Å². The number of thiophene rings is 1. The summed E-state index contributed by atoms with van der Waals surface area (Å²) in [7, 11) is 0. The van der Waals surface area contributed by atoms with E-state index in [9.17, 15) is 4.79 Å². The van der Waals surface area contributed by atoms with Crippen molar-refractivity contribution < 1.29 is 4.52 Å². The molecule has 1 saturated heterocycles. The van der Waals surface area contributed by atoms with Crippen LogP contribution in [0, 0.1) is 0 Å². The molecule has 6 nitrogen and oxygen atoms in total. The summed E-state index contributed by atoms with van der Waals surface area (Å²) in [4.78, 5) is 19.1. The Hall–Kier alpha value is -2.64. The number of benzene rings is 1. The molecule has 1 aromatic carbocycles. The van der Waals surface area contributed by atoms with Crippen molar-refractivity contribution in [2.45, 2.75) is 38.1 Å². The van der Waals surface area contributed by atoms with Crippen LogP contribution in [0.2, 0.25) is 0 Å². The number of nitrogens with zero attached hydrogens (tertiary/aromatic N) is 3. The lowest BCUT2D eigenvalue weighted by molar-refractivity contribution is 0.183. The van der Waals surface area contributed by atoms with Crippen LogP contribution in [0.5, 0.6) is 0 Å². The third-order valence-corrected chi connectivity index (χ3v) is 6.92. The highest BCUT2D eigenvalue weighted by atomic mass is 32.1. The number of fused-ring (bicyclic) bond motifs is 1. The van der Waals surface area contributed by atoms with Crippen molar-refractivity contribution in [2.24, 2.45) is 0 Å². The maximum absolute atomic E-state index is 12.4. The molecule has 30 heavy (non-hydrogen) atoms. The number of hydrogen-bond acceptors (Lipinski definition) is 5. The second-order valence-electron chi connectivity index (χ2n) is 8.00. The van der Waals surface area contributed by atoms with Gasteiger partial charge in [0, 0.05) is 31.6 Å². The van der Waals surface area contributed by atoms with Crippen LogP contribution in [-0.4, -0.2) is 39.2 Å². The van der Waals surface area contributed by atoms with Gasteiger partial charge < -0.3 is 14.4 Å². The van der Waals surface area contributed by atoms with Crippen LogP contribution in [0.1, 0.15) is 37.5 Å². The fraction of sp³-hybridized carbons (Fsp3) is 0.391. The van der Waals surface area contributed by atoms with Gasteiger partial charge in [-0.2, -0.15) is 0 Å². The maximum Gasteiger partial charge on any atom is 0.326 e. The second-order valence-corrected chi connectivity index (χ2v) is 8.95. The van der Waals surface area contributed by atoms with Gasteiger partial charge in [-0.15, -0.1) is 11.3 Å². The van der Waals surface area contributed by atoms with Crippen LogP contribution < -0.4 is 5.69 Å². The summed E-state index contributed by atoms with van der Waals surface area (Å²) in [6.07, 6.45) is 5.22. The van der Waals surface area contributed by atoms with Crippen molar-refractivity contribution in [3.8, 4) is 10.6 Å². The van der Waals surface area contributed by atoms with Crippen LogP contribution in [0.15, 0.2) is 57.2 Å². The first-order valence-electron chi connectivity index (χ1n) is 10.7. The average molecular weight is 423 g/mol. The SMILES string of the molecule is O=c1[nH]c2ccccc2n1C1CCN(CCCCc2cc(-c3cccs3)no2)CC1. The Labute approximate surface area is 179 Å². The fourth-order valence-corrected chi connectivity index (χ4v) is 5.12. The molecule has 156 valence electrons. The number of rotatable bonds is 7. The molecule has 4 heterocycles. The molecule has 0 saturated carbocycles. The van der Waals surface area contributed by atoms with E-state index in [-0.39, 0.29) is 11.7 Å². The molecule has 0 unspecified atom stereocenters. The molecule has 4 aromatic rings. The van der Waals surface area contributed by atoms with E-state index in [1.165, 1.54) is 0 Å². The van der Waals surface area contributed by atoms with Gasteiger partial charge in [0.05, 0.1) is 15.9 Å². The van der Waals surface area contributed by atoms with Gasteiger partial charge in [-0.05, 0) is 55.8 Å². The molecule has 0 atom stereocenters. The monoisotopic (exact) mass is 422 g/mol. The highest BCUT2D eigenvalue weighted by Gasteiger charge is 2.23. The highest BCUT2D eigenvalue weighted by molar-refractivity contribution is 7.13. The topological polar surface area (TPSA) is 67.1 Å². The van der Waals surface area contributed by atoms with E-state index >= 15 is 0 Å². The standard InChI is InChI=1S/C23H26N4O2S/c28-23-24-19-7-1-2-8-21(19)27(23)17-10-13-26(14-11-17)12-4-3-6-18-16-20(25-29-18)22-9-5-15-30-22/h1-2,5,7-9,15-17H,3-4,6,10-14H2,(H,24,28). The van der Waals surface area contributed by atoms with Gasteiger partial charge >= 0.3 is 5.69 Å². The number of H-pyrrole nitrogens is 1. The first-order chi connectivity index (χ1) is 14.8. The maximum atomic E-state index is 12.4. The van der Waals surface area contributed by atoms with Crippen molar-refractivity contribution >= 4 is 22.4 Å². The van der Waals surface area contributed by atoms with Crippen molar-refractivity contribution in [1.82, 2.24) is 19.6 Å². The number of piperidine rings is 1. The predicted molar refractivity (Wildman–Crippen MR) is 120 cm³/mol. The molecule has 7 heteroatoms. The molecule has 0 aliphatic carbocycles. The molecule has 5 rings (SSSR count). The Balaban J connectivity index is 1.09. The zero-order chi connectivity index (χ0) is 20.3. The summed E-state index contributed by atoms with van der Waals surface area (Å²) in [6.45, 7) is 3.18. The summed E-state index contributed by atoms with van der Waals surface area (Å²) < 4.78 is 7.45. The minimum absolute atomic E-state index is 0.0172. The number of nitrogens with one attached hydrogen (secondary N) is 1. The van der Waals surface area contributed by atoms with E-state index in [2.05, 4.69) is 32.6 Å². The first kappa shape index (κ1) is 19.3. The van der Waals surface area contributed by atoms with Gasteiger partial charge in [0.2, 0.25) is 0 Å². The Bertz CT molecular complexity index is 1150. The Morgan fingerprint density at radius 3 is 2.83 bits per heavy atom. The molecule has 3 aromatic heterocycles. The number of aromatic amines is 1. The Morgan fingerprint density at radius 1 is 1.13 bits per heavy atom. The number of likely N-dealkylation sites (tertiary alicyclic amines) is 1. The lowest BCUT2D eigenvalue weighted by Crippen LogP contribution is -2.37. The van der Waals surface area contributed by atoms with Crippen molar-refractivity contribution in [3.05, 3.63) is 64.1 Å². The molecule has 0 amide bonds. The third kappa shape index (κ3) is 4.00. The van der Waals surface area contributed by atoms with Gasteiger partial charge in [-0.3, -0.25) is 4.57 Å². The minimum atomic E-state index is 0.0172. The van der Waals surface area contributed by atoms with Crippen LogP contribution in [0.3, 0.4) is 0 Å². The van der Waals surface area contributed by atoms with E-state index in [0.29, 0.717) is 0 Å². The average Bonchev–Trinajstić information content (AvgIpc) is 3.51. The van der Waals surface area contributed by atoms with E-state index in [0.717, 1.165) is 79.1 Å². The molecule has 1 N–H and O–H groups in total. The normalized spacial score (nSPS) is 15.9. The second kappa shape index (κ2) is 8.62. The summed E-state index contributed by atoms with van der Waals surface area (Å²) in [5.74, 6) is 0.968. The van der Waals surface area contributed by atoms with E-state index < -0.39 is 0 Å². The number of imidazole rings is 1. The van der Waals surface area contributed by atoms with Crippen LogP contribution >= 0.6 is 11.3 Å². The number of hydrogen-bond donors (Lipinski definition) is 1. The van der Waals surface area contributed by atoms with Gasteiger partial charge in [-0.25, -0.2) is 4.79 Å². The molecule has 0 spiro atoms. The molecular formula is C23H26N4O2S. The van der Waals surface area contributed by atoms with Crippen LogP contribution in [-0.2, 0) is 6.42 Å². The van der Waals surface area contributed by atoms with Gasteiger partial charge in [0.15, 0.2) is 0 Å². The molecule has 1 aliphatic heterocycles. The summed E-state index contributed by atoms with van der Waals surface area (Å²) in [5, 5.41) is 6.24. The van der Waals surface area contributed by atoms with Gasteiger partial charge in [0.25, 0.3) is 0 Å².